The lowest BCUT2D eigenvalue weighted by Gasteiger charge is -2.46. The van der Waals surface area contributed by atoms with Crippen molar-refractivity contribution in [2.75, 3.05) is 19.8 Å². The second-order valence-electron chi connectivity index (χ2n) is 28.9. The van der Waals surface area contributed by atoms with E-state index in [1.807, 2.05) is 6.08 Å². The van der Waals surface area contributed by atoms with Crippen molar-refractivity contribution < 1.29 is 64.6 Å². The van der Waals surface area contributed by atoms with Crippen LogP contribution in [0.25, 0.3) is 0 Å². The maximum Gasteiger partial charge on any atom is 0.220 e. The van der Waals surface area contributed by atoms with Crippen LogP contribution in [0.1, 0.15) is 380 Å². The number of ether oxygens (including phenoxy) is 4. The van der Waals surface area contributed by atoms with E-state index in [1.54, 1.807) is 6.08 Å². The molecule has 2 rings (SSSR count). The highest BCUT2D eigenvalue weighted by Crippen LogP contribution is 2.30. The van der Waals surface area contributed by atoms with Crippen molar-refractivity contribution in [3.8, 4) is 0 Å². The number of allylic oxidation sites excluding steroid dienone is 5. The Hall–Kier alpha value is -1.79. The lowest BCUT2D eigenvalue weighted by molar-refractivity contribution is -0.359. The molecule has 95 heavy (non-hydrogen) atoms. The van der Waals surface area contributed by atoms with Gasteiger partial charge in [0.25, 0.3) is 0 Å². The van der Waals surface area contributed by atoms with Gasteiger partial charge in [-0.3, -0.25) is 4.79 Å². The van der Waals surface area contributed by atoms with Gasteiger partial charge < -0.3 is 65.1 Å². The van der Waals surface area contributed by atoms with Gasteiger partial charge >= 0.3 is 0 Å². The van der Waals surface area contributed by atoms with E-state index in [9.17, 15) is 45.6 Å². The zero-order chi connectivity index (χ0) is 68.7. The molecule has 0 aliphatic carbocycles. The van der Waals surface area contributed by atoms with Crippen LogP contribution in [0.4, 0.5) is 0 Å². The zero-order valence-corrected chi connectivity index (χ0v) is 61.4. The van der Waals surface area contributed by atoms with Crippen LogP contribution in [-0.2, 0) is 23.7 Å². The van der Waals surface area contributed by atoms with E-state index in [-0.39, 0.29) is 18.9 Å². The second-order valence-corrected chi connectivity index (χ2v) is 28.9. The van der Waals surface area contributed by atoms with E-state index in [4.69, 9.17) is 18.9 Å². The molecule has 12 unspecified atom stereocenters. The average Bonchev–Trinajstić information content (AvgIpc) is 0.801. The van der Waals surface area contributed by atoms with Gasteiger partial charge in [0.2, 0.25) is 5.91 Å². The summed E-state index contributed by atoms with van der Waals surface area (Å²) in [6.07, 6.45) is 69.5. The minimum atomic E-state index is -1.79. The van der Waals surface area contributed by atoms with Crippen LogP contribution in [0.2, 0.25) is 0 Å². The molecule has 0 spiro atoms. The van der Waals surface area contributed by atoms with Crippen LogP contribution >= 0.6 is 0 Å². The topological polar surface area (TPSA) is 228 Å². The molecule has 560 valence electrons. The third-order valence-electron chi connectivity index (χ3n) is 20.0. The first-order valence-electron chi connectivity index (χ1n) is 40.7. The summed E-state index contributed by atoms with van der Waals surface area (Å²) in [5.41, 5.74) is 0. The van der Waals surface area contributed by atoms with Gasteiger partial charge in [-0.25, -0.2) is 0 Å². The number of unbranched alkanes of at least 4 members (excludes halogenated alkanes) is 52. The van der Waals surface area contributed by atoms with Crippen molar-refractivity contribution in [1.29, 1.82) is 0 Å². The summed E-state index contributed by atoms with van der Waals surface area (Å²) in [6, 6.07) is -0.932. The molecule has 2 aliphatic heterocycles. The molecule has 0 radical (unpaired) electrons. The monoisotopic (exact) mass is 1350 g/mol. The van der Waals surface area contributed by atoms with Crippen LogP contribution in [0.5, 0.6) is 0 Å². The smallest absolute Gasteiger partial charge is 0.220 e. The summed E-state index contributed by atoms with van der Waals surface area (Å²) in [5.74, 6) is -0.241. The lowest BCUT2D eigenvalue weighted by Crippen LogP contribution is -2.65. The van der Waals surface area contributed by atoms with Crippen molar-refractivity contribution in [1.82, 2.24) is 5.32 Å². The molecule has 12 atom stereocenters. The Kier molecular flexibility index (Phi) is 61.6. The van der Waals surface area contributed by atoms with Crippen LogP contribution in [0, 0.1) is 0 Å². The molecule has 9 N–H and O–H groups in total. The molecular formula is C81H153NO13. The van der Waals surface area contributed by atoms with Crippen molar-refractivity contribution in [2.45, 2.75) is 453 Å². The Balaban J connectivity index is 1.62. The van der Waals surface area contributed by atoms with Crippen molar-refractivity contribution in [2.24, 2.45) is 0 Å². The molecule has 2 aliphatic rings. The van der Waals surface area contributed by atoms with Crippen molar-refractivity contribution in [3.63, 3.8) is 0 Å². The van der Waals surface area contributed by atoms with Crippen molar-refractivity contribution in [3.05, 3.63) is 36.5 Å². The third-order valence-corrected chi connectivity index (χ3v) is 20.0. The molecule has 14 nitrogen and oxygen atoms in total. The van der Waals surface area contributed by atoms with Crippen LogP contribution in [0.3, 0.4) is 0 Å². The van der Waals surface area contributed by atoms with E-state index in [0.29, 0.717) is 12.8 Å². The number of hydrogen-bond acceptors (Lipinski definition) is 13. The number of carbonyl (C=O) groups is 1. The molecule has 2 fully saturated rings. The normalized spacial score (nSPS) is 22.5. The van der Waals surface area contributed by atoms with Crippen LogP contribution < -0.4 is 5.32 Å². The first-order chi connectivity index (χ1) is 46.6. The Morgan fingerprint density at radius 3 is 1.03 bits per heavy atom. The molecule has 0 saturated carbocycles. The lowest BCUT2D eigenvalue weighted by atomic mass is 9.97. The van der Waals surface area contributed by atoms with E-state index < -0.39 is 86.8 Å². The van der Waals surface area contributed by atoms with Crippen molar-refractivity contribution >= 4 is 5.91 Å². The zero-order valence-electron chi connectivity index (χ0n) is 61.4. The molecule has 2 saturated heterocycles. The molecule has 2 heterocycles. The summed E-state index contributed by atoms with van der Waals surface area (Å²) in [7, 11) is 0. The first-order valence-corrected chi connectivity index (χ1v) is 40.7. The molecule has 0 aromatic heterocycles. The standard InChI is InChI=1S/C81H153NO13/c1-3-5-7-9-11-13-15-17-19-21-23-25-27-29-31-33-35-37-39-41-43-45-47-49-51-53-55-57-59-61-63-65-73(86)82-69(68-92-80-78(91)76(89)79(72(67-84)94-80)95-81-77(90)75(88)74(87)71(66-83)93-81)70(85)64-62-60-58-56-54-52-50-48-46-44-42-40-38-36-34-32-30-28-26-24-22-20-18-16-14-12-10-8-6-4-2/h21,23,54,56,62,64,69-72,74-81,83-85,87-91H,3-20,22,24-53,55,57-61,63,65-68H2,1-2H3,(H,82,86)/b23-21-,56-54+,64-62+. The fourth-order valence-corrected chi connectivity index (χ4v) is 13.6. The Morgan fingerprint density at radius 2 is 0.674 bits per heavy atom. The number of rotatable bonds is 69. The maximum absolute atomic E-state index is 13.4. The van der Waals surface area contributed by atoms with Gasteiger partial charge in [0, 0.05) is 6.42 Å². The largest absolute Gasteiger partial charge is 0.394 e. The fourth-order valence-electron chi connectivity index (χ4n) is 13.6. The fraction of sp³-hybridized carbons (Fsp3) is 0.914. The molecular weight excluding hydrogens is 1190 g/mol. The second kappa shape index (κ2) is 65.5. The van der Waals surface area contributed by atoms with Gasteiger partial charge in [0.15, 0.2) is 12.6 Å². The van der Waals surface area contributed by atoms with Gasteiger partial charge in [0.05, 0.1) is 32.0 Å². The predicted octanol–water partition coefficient (Wildman–Crippen LogP) is 18.4. The van der Waals surface area contributed by atoms with E-state index in [2.05, 4.69) is 43.5 Å². The van der Waals surface area contributed by atoms with E-state index >= 15 is 0 Å². The third kappa shape index (κ3) is 48.6. The Morgan fingerprint density at radius 1 is 0.368 bits per heavy atom. The maximum atomic E-state index is 13.4. The van der Waals surface area contributed by atoms with Gasteiger partial charge in [-0.2, -0.15) is 0 Å². The van der Waals surface area contributed by atoms with Crippen LogP contribution in [0.15, 0.2) is 36.5 Å². The van der Waals surface area contributed by atoms with E-state index in [0.717, 1.165) is 32.1 Å². The van der Waals surface area contributed by atoms with Gasteiger partial charge in [-0.1, -0.05) is 352 Å². The molecule has 0 aromatic carbocycles. The van der Waals surface area contributed by atoms with Gasteiger partial charge in [-0.15, -0.1) is 0 Å². The first kappa shape index (κ1) is 89.3. The SMILES string of the molecule is CCCCCCCCCC/C=C\CCCCCCCCCCCCCCCCCCCCCC(=O)NC(COC1OC(CO)C(OC2OC(CO)C(O)C(O)C2O)C(O)C1O)C(O)/C=C/CC/C=C/CCCCCCCCCCCCCCCCCCCCCCCCCC. The molecule has 1 amide bonds. The molecule has 14 heteroatoms. The highest BCUT2D eigenvalue weighted by atomic mass is 16.7. The Labute approximate surface area is 582 Å². The number of aliphatic hydroxyl groups is 8. The Bertz CT molecular complexity index is 1730. The number of hydrogen-bond donors (Lipinski definition) is 9. The number of aliphatic hydroxyl groups excluding tert-OH is 8. The van der Waals surface area contributed by atoms with Crippen LogP contribution in [-0.4, -0.2) is 140 Å². The summed E-state index contributed by atoms with van der Waals surface area (Å²) >= 11 is 0. The number of nitrogens with one attached hydrogen (secondary N) is 1. The minimum Gasteiger partial charge on any atom is -0.394 e. The highest BCUT2D eigenvalue weighted by Gasteiger charge is 2.51. The van der Waals surface area contributed by atoms with E-state index in [1.165, 1.54) is 315 Å². The molecule has 0 bridgehead atoms. The summed E-state index contributed by atoms with van der Waals surface area (Å²) < 4.78 is 22.9. The van der Waals surface area contributed by atoms with Gasteiger partial charge in [0.1, 0.15) is 48.8 Å². The molecule has 0 aromatic rings. The summed E-state index contributed by atoms with van der Waals surface area (Å²) in [5, 5.41) is 87.7. The summed E-state index contributed by atoms with van der Waals surface area (Å²) in [6.45, 7) is 2.85. The van der Waals surface area contributed by atoms with Gasteiger partial charge in [-0.05, 0) is 57.8 Å². The minimum absolute atomic E-state index is 0.241. The number of carbonyl (C=O) groups excluding carboxylic acids is 1. The summed E-state index contributed by atoms with van der Waals surface area (Å²) in [4.78, 5) is 13.4. The quantitative estimate of drug-likeness (QED) is 0.0204. The highest BCUT2D eigenvalue weighted by molar-refractivity contribution is 5.76. The number of amides is 1. The predicted molar refractivity (Wildman–Crippen MR) is 392 cm³/mol. The average molecular weight is 1350 g/mol.